The van der Waals surface area contributed by atoms with Crippen LogP contribution in [0.15, 0.2) is 64.5 Å². The second-order valence-electron chi connectivity index (χ2n) is 6.57. The number of nitrogens with zero attached hydrogens (tertiary/aromatic N) is 2. The van der Waals surface area contributed by atoms with Gasteiger partial charge in [-0.05, 0) is 73.6 Å². The first-order valence-electron chi connectivity index (χ1n) is 8.91. The molecule has 0 bridgehead atoms. The topological polar surface area (TPSA) is 46.4 Å². The summed E-state index contributed by atoms with van der Waals surface area (Å²) in [7, 11) is 0. The van der Waals surface area contributed by atoms with Crippen LogP contribution in [0.2, 0.25) is 10.0 Å². The Bertz CT molecular complexity index is 1170. The molecule has 1 aromatic heterocycles. The van der Waals surface area contributed by atoms with Gasteiger partial charge in [0, 0.05) is 16.4 Å². The number of amidine groups is 1. The quantitative estimate of drug-likeness (QED) is 0.485. The minimum absolute atomic E-state index is 0.154. The summed E-state index contributed by atoms with van der Waals surface area (Å²) in [5, 5.41) is 4.56. The number of benzene rings is 2. The zero-order chi connectivity index (χ0) is 20.5. The van der Waals surface area contributed by atoms with Crippen LogP contribution < -0.4 is 5.32 Å². The number of aliphatic imine (C=N–C) groups is 1. The maximum absolute atomic E-state index is 12.4. The average Bonchev–Trinajstić information content (AvgIpc) is 3.15. The van der Waals surface area contributed by atoms with Crippen molar-refractivity contribution in [3.05, 3.63) is 86.5 Å². The van der Waals surface area contributed by atoms with Crippen LogP contribution in [0.5, 0.6) is 0 Å². The molecular weight excluding hydrogens is 425 g/mol. The number of aryl methyl sites for hydroxylation is 1. The predicted octanol–water partition coefficient (Wildman–Crippen LogP) is 6.29. The molecule has 2 heterocycles. The van der Waals surface area contributed by atoms with Crippen molar-refractivity contribution in [2.45, 2.75) is 13.8 Å². The van der Waals surface area contributed by atoms with E-state index < -0.39 is 0 Å². The molecule has 146 valence electrons. The maximum Gasteiger partial charge on any atom is 0.264 e. The fourth-order valence-electron chi connectivity index (χ4n) is 3.21. The molecule has 4 nitrogen and oxygen atoms in total. The zero-order valence-electron chi connectivity index (χ0n) is 15.7. The molecule has 1 aliphatic heterocycles. The van der Waals surface area contributed by atoms with Gasteiger partial charge < -0.3 is 9.88 Å². The first-order chi connectivity index (χ1) is 13.9. The molecule has 4 rings (SSSR count). The molecule has 0 radical (unpaired) electrons. The van der Waals surface area contributed by atoms with Crippen molar-refractivity contribution in [2.75, 3.05) is 0 Å². The molecule has 1 N–H and O–H groups in total. The number of rotatable bonds is 3. The highest BCUT2D eigenvalue weighted by Gasteiger charge is 2.24. The second-order valence-corrected chi connectivity index (χ2v) is 8.45. The number of carbonyl (C=O) groups is 1. The zero-order valence-corrected chi connectivity index (χ0v) is 18.1. The number of hydrogen-bond donors (Lipinski definition) is 1. The van der Waals surface area contributed by atoms with Crippen molar-refractivity contribution < 1.29 is 4.79 Å². The lowest BCUT2D eigenvalue weighted by molar-refractivity contribution is -0.115. The van der Waals surface area contributed by atoms with Gasteiger partial charge in [0.25, 0.3) is 5.91 Å². The van der Waals surface area contributed by atoms with Crippen molar-refractivity contribution in [1.29, 1.82) is 0 Å². The first kappa shape index (κ1) is 19.8. The van der Waals surface area contributed by atoms with Gasteiger partial charge in [0.1, 0.15) is 0 Å². The summed E-state index contributed by atoms with van der Waals surface area (Å²) in [5.41, 5.74) is 4.60. The maximum atomic E-state index is 12.4. The van der Waals surface area contributed by atoms with E-state index in [4.69, 9.17) is 23.2 Å². The SMILES string of the molecule is Cc1cc(/C=C2\SC(=Nc3ccccc3)NC2=O)c(C)n1-c1ccc(Cl)cc1Cl. The van der Waals surface area contributed by atoms with Gasteiger partial charge in [0.15, 0.2) is 5.17 Å². The lowest BCUT2D eigenvalue weighted by atomic mass is 10.2. The molecular formula is C22H17Cl2N3OS. The Hall–Kier alpha value is -2.47. The molecule has 1 aliphatic rings. The van der Waals surface area contributed by atoms with Crippen LogP contribution in [-0.2, 0) is 4.79 Å². The third kappa shape index (κ3) is 4.13. The Morgan fingerprint density at radius 3 is 2.55 bits per heavy atom. The van der Waals surface area contributed by atoms with E-state index >= 15 is 0 Å². The van der Waals surface area contributed by atoms with E-state index in [1.165, 1.54) is 11.8 Å². The number of halogens is 2. The van der Waals surface area contributed by atoms with E-state index in [0.717, 1.165) is 28.3 Å². The molecule has 1 amide bonds. The summed E-state index contributed by atoms with van der Waals surface area (Å²) in [6.07, 6.45) is 1.89. The van der Waals surface area contributed by atoms with Crippen LogP contribution >= 0.6 is 35.0 Å². The number of nitrogens with one attached hydrogen (secondary N) is 1. The monoisotopic (exact) mass is 441 g/mol. The third-order valence-electron chi connectivity index (χ3n) is 4.55. The summed E-state index contributed by atoms with van der Waals surface area (Å²) < 4.78 is 2.06. The molecule has 7 heteroatoms. The van der Waals surface area contributed by atoms with E-state index in [0.29, 0.717) is 20.1 Å². The van der Waals surface area contributed by atoms with Crippen molar-refractivity contribution in [3.8, 4) is 5.69 Å². The fraction of sp³-hybridized carbons (Fsp3) is 0.0909. The molecule has 1 saturated heterocycles. The number of aromatic nitrogens is 1. The van der Waals surface area contributed by atoms with Crippen molar-refractivity contribution >= 4 is 57.8 Å². The number of hydrogen-bond acceptors (Lipinski definition) is 3. The van der Waals surface area contributed by atoms with E-state index in [-0.39, 0.29) is 5.91 Å². The number of para-hydroxylation sites is 1. The number of carbonyl (C=O) groups excluding carboxylic acids is 1. The van der Waals surface area contributed by atoms with E-state index in [9.17, 15) is 4.79 Å². The molecule has 29 heavy (non-hydrogen) atoms. The van der Waals surface area contributed by atoms with Crippen LogP contribution in [0, 0.1) is 13.8 Å². The van der Waals surface area contributed by atoms with Crippen molar-refractivity contribution in [3.63, 3.8) is 0 Å². The van der Waals surface area contributed by atoms with Gasteiger partial charge in [-0.1, -0.05) is 41.4 Å². The first-order valence-corrected chi connectivity index (χ1v) is 10.5. The summed E-state index contributed by atoms with van der Waals surface area (Å²) >= 11 is 13.8. The average molecular weight is 442 g/mol. The van der Waals surface area contributed by atoms with E-state index in [2.05, 4.69) is 14.9 Å². The fourth-order valence-corrected chi connectivity index (χ4v) is 4.53. The lowest BCUT2D eigenvalue weighted by Gasteiger charge is -2.12. The minimum Gasteiger partial charge on any atom is -0.316 e. The van der Waals surface area contributed by atoms with Crippen LogP contribution in [0.1, 0.15) is 17.0 Å². The molecule has 1 fully saturated rings. The Labute approximate surface area is 183 Å². The van der Waals surface area contributed by atoms with Gasteiger partial charge in [0.2, 0.25) is 0 Å². The Kier molecular flexibility index (Phi) is 5.54. The summed E-state index contributed by atoms with van der Waals surface area (Å²) in [4.78, 5) is 17.5. The van der Waals surface area contributed by atoms with Gasteiger partial charge in [-0.25, -0.2) is 4.99 Å². The van der Waals surface area contributed by atoms with Gasteiger partial charge in [-0.15, -0.1) is 0 Å². The Morgan fingerprint density at radius 1 is 1.07 bits per heavy atom. The van der Waals surface area contributed by atoms with E-state index in [1.807, 2.05) is 68.5 Å². The highest BCUT2D eigenvalue weighted by Crippen LogP contribution is 2.32. The molecule has 0 aliphatic carbocycles. The van der Waals surface area contributed by atoms with E-state index in [1.54, 1.807) is 6.07 Å². The highest BCUT2D eigenvalue weighted by molar-refractivity contribution is 8.18. The van der Waals surface area contributed by atoms with Crippen LogP contribution in [0.3, 0.4) is 0 Å². The molecule has 0 atom stereocenters. The normalized spacial score (nSPS) is 16.6. The number of amides is 1. The Morgan fingerprint density at radius 2 is 1.83 bits per heavy atom. The van der Waals surface area contributed by atoms with Gasteiger partial charge >= 0.3 is 0 Å². The van der Waals surface area contributed by atoms with Crippen LogP contribution in [0.4, 0.5) is 5.69 Å². The summed E-state index contributed by atoms with van der Waals surface area (Å²) in [6, 6.07) is 17.0. The summed E-state index contributed by atoms with van der Waals surface area (Å²) in [5.74, 6) is -0.154. The van der Waals surface area contributed by atoms with Gasteiger partial charge in [-0.2, -0.15) is 0 Å². The summed E-state index contributed by atoms with van der Waals surface area (Å²) in [6.45, 7) is 4.00. The largest absolute Gasteiger partial charge is 0.316 e. The third-order valence-corrected chi connectivity index (χ3v) is 5.99. The van der Waals surface area contributed by atoms with Gasteiger partial charge in [-0.3, -0.25) is 4.79 Å². The van der Waals surface area contributed by atoms with Gasteiger partial charge in [0.05, 0.1) is 21.3 Å². The highest BCUT2D eigenvalue weighted by atomic mass is 35.5. The molecule has 0 unspecified atom stereocenters. The van der Waals surface area contributed by atoms with Crippen molar-refractivity contribution in [1.82, 2.24) is 9.88 Å². The number of thioether (sulfide) groups is 1. The smallest absolute Gasteiger partial charge is 0.264 e. The molecule has 0 saturated carbocycles. The van der Waals surface area contributed by atoms with Crippen molar-refractivity contribution in [2.24, 2.45) is 4.99 Å². The van der Waals surface area contributed by atoms with Crippen LogP contribution in [0.25, 0.3) is 11.8 Å². The standard InChI is InChI=1S/C22H17Cl2N3OS/c1-13-10-15(14(2)27(13)19-9-8-16(23)12-18(19)24)11-20-21(28)26-22(29-20)25-17-6-4-3-5-7-17/h3-12H,1-2H3,(H,25,26,28)/b20-11-. The second kappa shape index (κ2) is 8.11. The Balaban J connectivity index is 1.67. The van der Waals surface area contributed by atoms with Crippen LogP contribution in [-0.4, -0.2) is 15.6 Å². The predicted molar refractivity (Wildman–Crippen MR) is 123 cm³/mol. The lowest BCUT2D eigenvalue weighted by Crippen LogP contribution is -2.19. The minimum atomic E-state index is -0.154. The molecule has 2 aromatic carbocycles. The molecule has 0 spiro atoms. The molecule has 3 aromatic rings.